The van der Waals surface area contributed by atoms with Crippen molar-refractivity contribution in [1.29, 1.82) is 0 Å². The number of thiazole rings is 1. The number of carboxylic acid groups (broad SMARTS) is 1. The van der Waals surface area contributed by atoms with E-state index >= 15 is 0 Å². The summed E-state index contributed by atoms with van der Waals surface area (Å²) in [7, 11) is 3.27. The van der Waals surface area contributed by atoms with Crippen molar-refractivity contribution in [3.63, 3.8) is 0 Å². The monoisotopic (exact) mass is 288 g/mol. The van der Waals surface area contributed by atoms with Gasteiger partial charge in [-0.25, -0.2) is 9.78 Å². The number of nitrogens with zero attached hydrogens (tertiary/aromatic N) is 2. The zero-order valence-corrected chi connectivity index (χ0v) is 12.3. The van der Waals surface area contributed by atoms with Crippen molar-refractivity contribution in [3.05, 3.63) is 10.6 Å². The maximum absolute atomic E-state index is 11.1. The highest BCUT2D eigenvalue weighted by Gasteiger charge is 2.19. The summed E-state index contributed by atoms with van der Waals surface area (Å²) in [5.41, 5.74) is 0.632. The smallest absolute Gasteiger partial charge is 0.347 e. The lowest BCUT2D eigenvalue weighted by molar-refractivity contribution is 0.0701. The van der Waals surface area contributed by atoms with Crippen LogP contribution >= 0.6 is 11.3 Å². The van der Waals surface area contributed by atoms with Gasteiger partial charge in [0.1, 0.15) is 4.88 Å². The third-order valence-corrected chi connectivity index (χ3v) is 3.76. The first-order chi connectivity index (χ1) is 9.13. The summed E-state index contributed by atoms with van der Waals surface area (Å²) in [6.07, 6.45) is 0.612. The first kappa shape index (κ1) is 15.9. The van der Waals surface area contributed by atoms with Crippen LogP contribution in [0.4, 0.5) is 5.13 Å². The molecule has 1 N–H and O–H groups in total. The van der Waals surface area contributed by atoms with Crippen LogP contribution in [0.2, 0.25) is 0 Å². The van der Waals surface area contributed by atoms with Gasteiger partial charge in [0.25, 0.3) is 0 Å². The summed E-state index contributed by atoms with van der Waals surface area (Å²) in [6, 6.07) is 0. The molecule has 0 bridgehead atoms. The molecule has 0 radical (unpaired) electrons. The number of hydrogen-bond acceptors (Lipinski definition) is 6. The van der Waals surface area contributed by atoms with Crippen LogP contribution < -0.4 is 4.90 Å². The second kappa shape index (κ2) is 8.08. The van der Waals surface area contributed by atoms with E-state index in [0.29, 0.717) is 48.4 Å². The molecule has 19 heavy (non-hydrogen) atoms. The Hall–Kier alpha value is -1.18. The molecule has 6 nitrogen and oxygen atoms in total. The fourth-order valence-electron chi connectivity index (χ4n) is 1.59. The first-order valence-electron chi connectivity index (χ1n) is 6.09. The summed E-state index contributed by atoms with van der Waals surface area (Å²) in [5, 5.41) is 9.86. The quantitative estimate of drug-likeness (QED) is 0.742. The Balaban J connectivity index is 2.90. The predicted molar refractivity (Wildman–Crippen MR) is 74.4 cm³/mol. The minimum Gasteiger partial charge on any atom is -0.477 e. The molecule has 0 aliphatic rings. The number of carbonyl (C=O) groups is 1. The van der Waals surface area contributed by atoms with Gasteiger partial charge >= 0.3 is 5.97 Å². The molecule has 0 aromatic carbocycles. The molecule has 0 fully saturated rings. The van der Waals surface area contributed by atoms with E-state index < -0.39 is 5.97 Å². The largest absolute Gasteiger partial charge is 0.477 e. The highest BCUT2D eigenvalue weighted by molar-refractivity contribution is 7.17. The van der Waals surface area contributed by atoms with Crippen LogP contribution in [0.1, 0.15) is 22.3 Å². The fourth-order valence-corrected chi connectivity index (χ4v) is 2.63. The number of aryl methyl sites for hydroxylation is 1. The number of aromatic nitrogens is 1. The Kier molecular flexibility index (Phi) is 6.75. The summed E-state index contributed by atoms with van der Waals surface area (Å²) in [4.78, 5) is 17.9. The van der Waals surface area contributed by atoms with Crippen molar-refractivity contribution in [2.24, 2.45) is 0 Å². The predicted octanol–water partition coefficient (Wildman–Crippen LogP) is 1.50. The van der Waals surface area contributed by atoms with Crippen molar-refractivity contribution in [2.45, 2.75) is 13.3 Å². The lowest BCUT2D eigenvalue weighted by atomic mass is 10.3. The summed E-state index contributed by atoms with van der Waals surface area (Å²) in [6.45, 7) is 4.35. The molecule has 0 amide bonds. The van der Waals surface area contributed by atoms with Crippen molar-refractivity contribution in [3.8, 4) is 0 Å². The molecular formula is C12H20N2O4S. The number of ether oxygens (including phenoxy) is 2. The van der Waals surface area contributed by atoms with Crippen LogP contribution in [-0.2, 0) is 15.9 Å². The van der Waals surface area contributed by atoms with Crippen LogP contribution in [0.5, 0.6) is 0 Å². The Morgan fingerprint density at radius 2 is 1.89 bits per heavy atom. The number of aromatic carboxylic acids is 1. The minimum absolute atomic E-state index is 0.317. The van der Waals surface area contributed by atoms with Gasteiger partial charge in [-0.15, -0.1) is 0 Å². The molecule has 7 heteroatoms. The normalized spacial score (nSPS) is 10.7. The molecule has 1 aromatic heterocycles. The zero-order chi connectivity index (χ0) is 14.3. The van der Waals surface area contributed by atoms with Gasteiger partial charge in [0.15, 0.2) is 5.13 Å². The maximum Gasteiger partial charge on any atom is 0.347 e. The number of methoxy groups -OCH3 is 2. The molecule has 1 rings (SSSR count). The van der Waals surface area contributed by atoms with E-state index in [1.54, 1.807) is 14.2 Å². The van der Waals surface area contributed by atoms with E-state index in [-0.39, 0.29) is 0 Å². The van der Waals surface area contributed by atoms with Crippen LogP contribution in [0.25, 0.3) is 0 Å². The Labute approximate surface area is 117 Å². The van der Waals surface area contributed by atoms with Gasteiger partial charge in [0.2, 0.25) is 0 Å². The van der Waals surface area contributed by atoms with Crippen molar-refractivity contribution < 1.29 is 19.4 Å². The Morgan fingerprint density at radius 1 is 1.32 bits per heavy atom. The molecule has 0 spiro atoms. The van der Waals surface area contributed by atoms with Gasteiger partial charge in [-0.1, -0.05) is 18.3 Å². The van der Waals surface area contributed by atoms with E-state index in [0.717, 1.165) is 0 Å². The second-order valence-electron chi connectivity index (χ2n) is 3.90. The fraction of sp³-hybridized carbons (Fsp3) is 0.667. The number of hydrogen-bond donors (Lipinski definition) is 1. The SMILES string of the molecule is CCc1nc(N(CCOC)CCOC)sc1C(=O)O. The standard InChI is InChI=1S/C12H20N2O4S/c1-4-9-10(11(15)16)19-12(13-9)14(5-7-17-2)6-8-18-3/h4-8H2,1-3H3,(H,15,16). The Morgan fingerprint density at radius 3 is 2.26 bits per heavy atom. The van der Waals surface area contributed by atoms with Gasteiger partial charge < -0.3 is 19.5 Å². The van der Waals surface area contributed by atoms with Gasteiger partial charge in [0, 0.05) is 27.3 Å². The summed E-state index contributed by atoms with van der Waals surface area (Å²) in [5.74, 6) is -0.918. The van der Waals surface area contributed by atoms with E-state index in [1.807, 2.05) is 11.8 Å². The van der Waals surface area contributed by atoms with Crippen LogP contribution in [0, 0.1) is 0 Å². The second-order valence-corrected chi connectivity index (χ2v) is 4.88. The molecule has 1 aromatic rings. The lowest BCUT2D eigenvalue weighted by Gasteiger charge is -2.20. The molecule has 0 saturated heterocycles. The van der Waals surface area contributed by atoms with E-state index in [2.05, 4.69) is 4.98 Å². The molecule has 0 aliphatic carbocycles. The molecule has 0 saturated carbocycles. The van der Waals surface area contributed by atoms with Gasteiger partial charge in [-0.2, -0.15) is 0 Å². The number of anilines is 1. The molecular weight excluding hydrogens is 268 g/mol. The molecule has 0 aliphatic heterocycles. The summed E-state index contributed by atoms with van der Waals surface area (Å²) >= 11 is 1.21. The topological polar surface area (TPSA) is 71.9 Å². The first-order valence-corrected chi connectivity index (χ1v) is 6.91. The van der Waals surface area contributed by atoms with Crippen LogP contribution in [-0.4, -0.2) is 56.6 Å². The van der Waals surface area contributed by atoms with E-state index in [9.17, 15) is 4.79 Å². The number of rotatable bonds is 9. The van der Waals surface area contributed by atoms with Crippen LogP contribution in [0.15, 0.2) is 0 Å². The van der Waals surface area contributed by atoms with Gasteiger partial charge in [-0.3, -0.25) is 0 Å². The van der Waals surface area contributed by atoms with Crippen molar-refractivity contribution in [2.75, 3.05) is 45.4 Å². The van der Waals surface area contributed by atoms with Crippen molar-refractivity contribution >= 4 is 22.4 Å². The molecule has 1 heterocycles. The van der Waals surface area contributed by atoms with Crippen molar-refractivity contribution in [1.82, 2.24) is 4.98 Å². The summed E-state index contributed by atoms with van der Waals surface area (Å²) < 4.78 is 10.1. The third kappa shape index (κ3) is 4.45. The average molecular weight is 288 g/mol. The molecule has 0 unspecified atom stereocenters. The maximum atomic E-state index is 11.1. The van der Waals surface area contributed by atoms with E-state index in [4.69, 9.17) is 14.6 Å². The lowest BCUT2D eigenvalue weighted by Crippen LogP contribution is -2.30. The number of carboxylic acids is 1. The average Bonchev–Trinajstić information content (AvgIpc) is 2.83. The zero-order valence-electron chi connectivity index (χ0n) is 11.5. The Bertz CT molecular complexity index is 400. The molecule has 0 atom stereocenters. The highest BCUT2D eigenvalue weighted by Crippen LogP contribution is 2.26. The highest BCUT2D eigenvalue weighted by atomic mass is 32.1. The van der Waals surface area contributed by atoms with E-state index in [1.165, 1.54) is 11.3 Å². The third-order valence-electron chi connectivity index (χ3n) is 2.62. The van der Waals surface area contributed by atoms with Gasteiger partial charge in [0.05, 0.1) is 18.9 Å². The van der Waals surface area contributed by atoms with Gasteiger partial charge in [-0.05, 0) is 6.42 Å². The minimum atomic E-state index is -0.918. The van der Waals surface area contributed by atoms with Crippen LogP contribution in [0.3, 0.4) is 0 Å². The molecule has 108 valence electrons.